The number of H-pyrrole nitrogens is 1. The summed E-state index contributed by atoms with van der Waals surface area (Å²) in [6.45, 7) is 2.36. The number of hydrogen-bond acceptors (Lipinski definition) is 2. The molecule has 0 aliphatic carbocycles. The summed E-state index contributed by atoms with van der Waals surface area (Å²) >= 11 is 0. The van der Waals surface area contributed by atoms with Gasteiger partial charge in [-0.2, -0.15) is 0 Å². The monoisotopic (exact) mass is 293 g/mol. The SMILES string of the molecule is CN(C)CCN1Cc2c(ccc3[nH]c4ccccc4c23)C1=O. The topological polar surface area (TPSA) is 39.3 Å². The fraction of sp³-hybridized carbons (Fsp3) is 0.278. The van der Waals surface area contributed by atoms with E-state index in [-0.39, 0.29) is 5.91 Å². The largest absolute Gasteiger partial charge is 0.355 e. The molecule has 0 atom stereocenters. The first kappa shape index (κ1) is 13.3. The Morgan fingerprint density at radius 3 is 2.77 bits per heavy atom. The lowest BCUT2D eigenvalue weighted by atomic mass is 10.0. The zero-order valence-corrected chi connectivity index (χ0v) is 12.9. The molecule has 2 heterocycles. The minimum absolute atomic E-state index is 0.157. The maximum Gasteiger partial charge on any atom is 0.254 e. The molecule has 1 aromatic heterocycles. The van der Waals surface area contributed by atoms with Crippen molar-refractivity contribution in [3.8, 4) is 0 Å². The quantitative estimate of drug-likeness (QED) is 0.806. The number of aromatic nitrogens is 1. The van der Waals surface area contributed by atoms with Crippen molar-refractivity contribution in [1.29, 1.82) is 0 Å². The summed E-state index contributed by atoms with van der Waals surface area (Å²) in [4.78, 5) is 20.1. The van der Waals surface area contributed by atoms with Gasteiger partial charge in [0, 0.05) is 47.0 Å². The number of likely N-dealkylation sites (N-methyl/N-ethyl adjacent to an activating group) is 1. The Kier molecular flexibility index (Phi) is 2.94. The number of nitrogens with zero attached hydrogens (tertiary/aromatic N) is 2. The molecule has 1 N–H and O–H groups in total. The van der Waals surface area contributed by atoms with Gasteiger partial charge in [-0.3, -0.25) is 4.79 Å². The van der Waals surface area contributed by atoms with Crippen molar-refractivity contribution in [2.45, 2.75) is 6.54 Å². The zero-order chi connectivity index (χ0) is 15.3. The van der Waals surface area contributed by atoms with Crippen LogP contribution in [0.4, 0.5) is 0 Å². The third-order valence-electron chi connectivity index (χ3n) is 4.46. The summed E-state index contributed by atoms with van der Waals surface area (Å²) in [5.74, 6) is 0.157. The Morgan fingerprint density at radius 2 is 1.95 bits per heavy atom. The average Bonchev–Trinajstić information content (AvgIpc) is 3.03. The van der Waals surface area contributed by atoms with Gasteiger partial charge < -0.3 is 14.8 Å². The zero-order valence-electron chi connectivity index (χ0n) is 12.9. The van der Waals surface area contributed by atoms with E-state index >= 15 is 0 Å². The van der Waals surface area contributed by atoms with Crippen LogP contribution in [0.1, 0.15) is 15.9 Å². The molecule has 22 heavy (non-hydrogen) atoms. The number of aromatic amines is 1. The van der Waals surface area contributed by atoms with Crippen LogP contribution in [0.5, 0.6) is 0 Å². The summed E-state index contributed by atoms with van der Waals surface area (Å²) in [5.41, 5.74) is 4.27. The van der Waals surface area contributed by atoms with Crippen LogP contribution in [-0.4, -0.2) is 47.9 Å². The van der Waals surface area contributed by atoms with E-state index in [1.165, 1.54) is 16.3 Å². The third kappa shape index (κ3) is 1.91. The molecule has 2 aromatic carbocycles. The summed E-state index contributed by atoms with van der Waals surface area (Å²) in [7, 11) is 4.07. The normalized spacial score (nSPS) is 14.5. The first-order valence-electron chi connectivity index (χ1n) is 7.61. The molecule has 0 spiro atoms. The van der Waals surface area contributed by atoms with E-state index in [1.54, 1.807) is 0 Å². The van der Waals surface area contributed by atoms with E-state index in [1.807, 2.05) is 37.2 Å². The molecule has 0 saturated carbocycles. The van der Waals surface area contributed by atoms with Crippen LogP contribution < -0.4 is 0 Å². The number of fused-ring (bicyclic) bond motifs is 5. The van der Waals surface area contributed by atoms with Crippen molar-refractivity contribution >= 4 is 27.7 Å². The molecule has 112 valence electrons. The third-order valence-corrected chi connectivity index (χ3v) is 4.46. The Hall–Kier alpha value is -2.33. The van der Waals surface area contributed by atoms with Crippen LogP contribution in [0.15, 0.2) is 36.4 Å². The molecule has 3 aromatic rings. The van der Waals surface area contributed by atoms with Crippen LogP contribution in [-0.2, 0) is 6.54 Å². The second-order valence-corrected chi connectivity index (χ2v) is 6.21. The number of benzene rings is 2. The van der Waals surface area contributed by atoms with Crippen molar-refractivity contribution in [3.63, 3.8) is 0 Å². The van der Waals surface area contributed by atoms with Crippen LogP contribution in [0.2, 0.25) is 0 Å². The van der Waals surface area contributed by atoms with Crippen molar-refractivity contribution in [2.75, 3.05) is 27.2 Å². The molecular formula is C18H19N3O. The minimum Gasteiger partial charge on any atom is -0.355 e. The van der Waals surface area contributed by atoms with Gasteiger partial charge in [0.1, 0.15) is 0 Å². The van der Waals surface area contributed by atoms with Crippen LogP contribution >= 0.6 is 0 Å². The minimum atomic E-state index is 0.157. The summed E-state index contributed by atoms with van der Waals surface area (Å²) in [6, 6.07) is 12.3. The second kappa shape index (κ2) is 4.85. The smallest absolute Gasteiger partial charge is 0.254 e. The van der Waals surface area contributed by atoms with Crippen molar-refractivity contribution < 1.29 is 4.79 Å². The number of carbonyl (C=O) groups excluding carboxylic acids is 1. The predicted molar refractivity (Wildman–Crippen MR) is 89.1 cm³/mol. The molecule has 1 amide bonds. The maximum atomic E-state index is 12.6. The number of hydrogen-bond donors (Lipinski definition) is 1. The summed E-state index contributed by atoms with van der Waals surface area (Å²) in [5, 5.41) is 2.41. The lowest BCUT2D eigenvalue weighted by Gasteiger charge is -2.18. The van der Waals surface area contributed by atoms with Crippen LogP contribution in [0.25, 0.3) is 21.8 Å². The highest BCUT2D eigenvalue weighted by Gasteiger charge is 2.29. The van der Waals surface area contributed by atoms with Gasteiger partial charge in [-0.15, -0.1) is 0 Å². The summed E-state index contributed by atoms with van der Waals surface area (Å²) in [6.07, 6.45) is 0. The van der Waals surface area contributed by atoms with Crippen molar-refractivity contribution in [2.24, 2.45) is 0 Å². The first-order valence-corrected chi connectivity index (χ1v) is 7.61. The fourth-order valence-corrected chi connectivity index (χ4v) is 3.31. The number of amides is 1. The molecule has 0 bridgehead atoms. The Bertz CT molecular complexity index is 879. The highest BCUT2D eigenvalue weighted by Crippen LogP contribution is 2.34. The van der Waals surface area contributed by atoms with E-state index in [0.29, 0.717) is 6.54 Å². The van der Waals surface area contributed by atoms with Gasteiger partial charge in [0.25, 0.3) is 5.91 Å². The number of carbonyl (C=O) groups is 1. The predicted octanol–water partition coefficient (Wildman–Crippen LogP) is 2.84. The van der Waals surface area contributed by atoms with Gasteiger partial charge in [-0.25, -0.2) is 0 Å². The molecule has 0 saturated heterocycles. The second-order valence-electron chi connectivity index (χ2n) is 6.21. The molecule has 4 heteroatoms. The lowest BCUT2D eigenvalue weighted by Crippen LogP contribution is -2.31. The van der Waals surface area contributed by atoms with Crippen LogP contribution in [0.3, 0.4) is 0 Å². The van der Waals surface area contributed by atoms with E-state index in [4.69, 9.17) is 0 Å². The van der Waals surface area contributed by atoms with Crippen molar-refractivity contribution in [1.82, 2.24) is 14.8 Å². The van der Waals surface area contributed by atoms with Gasteiger partial charge in [0.2, 0.25) is 0 Å². The highest BCUT2D eigenvalue weighted by molar-refractivity contribution is 6.13. The fourth-order valence-electron chi connectivity index (χ4n) is 3.31. The van der Waals surface area contributed by atoms with E-state index in [2.05, 4.69) is 28.1 Å². The number of rotatable bonds is 3. The Labute approximate surface area is 129 Å². The highest BCUT2D eigenvalue weighted by atomic mass is 16.2. The Morgan fingerprint density at radius 1 is 1.14 bits per heavy atom. The van der Waals surface area contributed by atoms with Gasteiger partial charge in [0.15, 0.2) is 0 Å². The van der Waals surface area contributed by atoms with Gasteiger partial charge >= 0.3 is 0 Å². The molecule has 1 aliphatic heterocycles. The average molecular weight is 293 g/mol. The number of nitrogens with one attached hydrogen (secondary N) is 1. The first-order chi connectivity index (χ1) is 10.6. The van der Waals surface area contributed by atoms with Gasteiger partial charge in [0.05, 0.1) is 0 Å². The van der Waals surface area contributed by atoms with E-state index < -0.39 is 0 Å². The van der Waals surface area contributed by atoms with E-state index in [0.717, 1.165) is 29.7 Å². The Balaban J connectivity index is 1.84. The molecule has 0 unspecified atom stereocenters. The standard InChI is InChI=1S/C18H19N3O/c1-20(2)9-10-21-11-14-12(18(21)22)7-8-16-17(14)13-5-3-4-6-15(13)19-16/h3-8,19H,9-11H2,1-2H3. The van der Waals surface area contributed by atoms with Gasteiger partial charge in [-0.05, 0) is 37.9 Å². The summed E-state index contributed by atoms with van der Waals surface area (Å²) < 4.78 is 0. The maximum absolute atomic E-state index is 12.6. The molecule has 4 rings (SSSR count). The molecule has 1 aliphatic rings. The lowest BCUT2D eigenvalue weighted by molar-refractivity contribution is 0.0768. The van der Waals surface area contributed by atoms with Gasteiger partial charge in [-0.1, -0.05) is 18.2 Å². The number of para-hydroxylation sites is 1. The van der Waals surface area contributed by atoms with Crippen LogP contribution in [0, 0.1) is 0 Å². The molecular weight excluding hydrogens is 274 g/mol. The van der Waals surface area contributed by atoms with E-state index in [9.17, 15) is 4.79 Å². The molecule has 4 nitrogen and oxygen atoms in total. The van der Waals surface area contributed by atoms with Crippen molar-refractivity contribution in [3.05, 3.63) is 47.5 Å². The molecule has 0 radical (unpaired) electrons. The molecule has 0 fully saturated rings.